The normalized spacial score (nSPS) is 19.6. The predicted octanol–water partition coefficient (Wildman–Crippen LogP) is 4.86. The van der Waals surface area contributed by atoms with Gasteiger partial charge in [-0.2, -0.15) is 10.1 Å². The largest absolute Gasteiger partial charge is 0.522 e. The molecule has 4 aromatic heterocycles. The lowest BCUT2D eigenvalue weighted by molar-refractivity contribution is -0.345. The second-order valence-electron chi connectivity index (χ2n) is 7.81. The highest BCUT2D eigenvalue weighted by atomic mass is 19.4. The van der Waals surface area contributed by atoms with Gasteiger partial charge in [0.05, 0.1) is 18.0 Å². The molecule has 0 amide bonds. The van der Waals surface area contributed by atoms with Crippen molar-refractivity contribution in [1.82, 2.24) is 29.5 Å². The van der Waals surface area contributed by atoms with Gasteiger partial charge in [-0.3, -0.25) is 4.74 Å². The third kappa shape index (κ3) is 4.45. The van der Waals surface area contributed by atoms with E-state index in [1.165, 1.54) is 0 Å². The number of rotatable bonds is 5. The topological polar surface area (TPSA) is 93.0 Å². The summed E-state index contributed by atoms with van der Waals surface area (Å²) in [6.07, 6.45) is -2.25. The summed E-state index contributed by atoms with van der Waals surface area (Å²) in [5.74, 6) is 0.342. The average Bonchev–Trinajstić information content (AvgIpc) is 3.37. The standard InChI is InChI=1S/C20H18F5N7O/c21-17(22)15-9-26-16-6-5-14(31-32(15)16)12-7-27-18-13(12)8-28-19(30-18)29-10-1-3-11(4-2-10)33-20(23,24)25/h5-11,17H,1-4H2,(H2,27,28,29,30). The quantitative estimate of drug-likeness (QED) is 0.407. The van der Waals surface area contributed by atoms with Crippen molar-refractivity contribution in [1.29, 1.82) is 0 Å². The lowest BCUT2D eigenvalue weighted by Crippen LogP contribution is -2.33. The van der Waals surface area contributed by atoms with Gasteiger partial charge >= 0.3 is 6.36 Å². The van der Waals surface area contributed by atoms with Crippen molar-refractivity contribution in [3.63, 3.8) is 0 Å². The molecule has 4 aromatic rings. The van der Waals surface area contributed by atoms with Gasteiger partial charge in [-0.1, -0.05) is 0 Å². The third-order valence-electron chi connectivity index (χ3n) is 5.63. The van der Waals surface area contributed by atoms with Gasteiger partial charge in [0.1, 0.15) is 11.3 Å². The van der Waals surface area contributed by atoms with E-state index in [1.54, 1.807) is 24.5 Å². The maximum absolute atomic E-state index is 13.2. The van der Waals surface area contributed by atoms with Crippen LogP contribution < -0.4 is 5.32 Å². The molecule has 0 atom stereocenters. The Morgan fingerprint density at radius 3 is 2.61 bits per heavy atom. The number of imidazole rings is 1. The molecule has 13 heteroatoms. The minimum absolute atomic E-state index is 0.0666. The van der Waals surface area contributed by atoms with Crippen molar-refractivity contribution in [2.24, 2.45) is 0 Å². The molecule has 174 valence electrons. The van der Waals surface area contributed by atoms with Crippen LogP contribution in [-0.4, -0.2) is 48.1 Å². The lowest BCUT2D eigenvalue weighted by atomic mass is 9.93. The van der Waals surface area contributed by atoms with Gasteiger partial charge in [0.25, 0.3) is 6.43 Å². The number of anilines is 1. The summed E-state index contributed by atoms with van der Waals surface area (Å²) in [5, 5.41) is 8.09. The summed E-state index contributed by atoms with van der Waals surface area (Å²) in [6, 6.07) is 3.21. The molecule has 1 aliphatic carbocycles. The minimum atomic E-state index is -4.62. The Bertz CT molecular complexity index is 1280. The molecule has 0 radical (unpaired) electrons. The summed E-state index contributed by atoms with van der Waals surface area (Å²) in [4.78, 5) is 15.7. The van der Waals surface area contributed by atoms with Gasteiger partial charge in [0.2, 0.25) is 5.95 Å². The first-order chi connectivity index (χ1) is 15.8. The first kappa shape index (κ1) is 21.5. The molecule has 0 spiro atoms. The zero-order valence-electron chi connectivity index (χ0n) is 17.0. The fourth-order valence-corrected chi connectivity index (χ4v) is 4.07. The Morgan fingerprint density at radius 2 is 1.88 bits per heavy atom. The first-order valence-corrected chi connectivity index (χ1v) is 10.3. The van der Waals surface area contributed by atoms with E-state index in [0.29, 0.717) is 46.7 Å². The summed E-state index contributed by atoms with van der Waals surface area (Å²) in [7, 11) is 0. The Morgan fingerprint density at radius 1 is 1.09 bits per heavy atom. The second-order valence-corrected chi connectivity index (χ2v) is 7.81. The number of nitrogens with zero attached hydrogens (tertiary/aromatic N) is 5. The monoisotopic (exact) mass is 467 g/mol. The van der Waals surface area contributed by atoms with Gasteiger partial charge in [0, 0.05) is 29.4 Å². The van der Waals surface area contributed by atoms with E-state index in [2.05, 4.69) is 35.1 Å². The highest BCUT2D eigenvalue weighted by Crippen LogP contribution is 2.30. The molecular weight excluding hydrogens is 449 g/mol. The average molecular weight is 467 g/mol. The fourth-order valence-electron chi connectivity index (χ4n) is 4.07. The first-order valence-electron chi connectivity index (χ1n) is 10.3. The number of alkyl halides is 5. The number of H-pyrrole nitrogens is 1. The van der Waals surface area contributed by atoms with Crippen LogP contribution in [0.3, 0.4) is 0 Å². The number of aromatic nitrogens is 6. The summed E-state index contributed by atoms with van der Waals surface area (Å²) >= 11 is 0. The number of ether oxygens (including phenoxy) is 1. The molecule has 1 aliphatic rings. The van der Waals surface area contributed by atoms with Gasteiger partial charge in [0.15, 0.2) is 5.65 Å². The lowest BCUT2D eigenvalue weighted by Gasteiger charge is -2.29. The minimum Gasteiger partial charge on any atom is -0.351 e. The van der Waals surface area contributed by atoms with E-state index < -0.39 is 18.9 Å². The molecule has 1 fully saturated rings. The number of hydrogen-bond acceptors (Lipinski definition) is 6. The molecule has 33 heavy (non-hydrogen) atoms. The van der Waals surface area contributed by atoms with E-state index in [-0.39, 0.29) is 24.6 Å². The zero-order valence-corrected chi connectivity index (χ0v) is 17.0. The molecule has 0 aliphatic heterocycles. The SMILES string of the molecule is FC(F)c1cnc2ccc(-c3c[nH]c4nc(NC5CCC(OC(F)(F)F)CC5)ncc34)nn12. The molecule has 5 rings (SSSR count). The fraction of sp³-hybridized carbons (Fsp3) is 0.400. The van der Waals surface area contributed by atoms with Gasteiger partial charge in [-0.25, -0.2) is 23.3 Å². The number of hydrogen-bond donors (Lipinski definition) is 2. The number of nitrogens with one attached hydrogen (secondary N) is 2. The van der Waals surface area contributed by atoms with Crippen LogP contribution in [0.15, 0.2) is 30.7 Å². The molecule has 0 saturated heterocycles. The Balaban J connectivity index is 1.32. The van der Waals surface area contributed by atoms with E-state index in [1.807, 2.05) is 0 Å². The molecule has 0 aromatic carbocycles. The molecule has 2 N–H and O–H groups in total. The van der Waals surface area contributed by atoms with Crippen LogP contribution in [0.5, 0.6) is 0 Å². The van der Waals surface area contributed by atoms with Crippen LogP contribution in [-0.2, 0) is 4.74 Å². The Hall–Kier alpha value is -3.35. The maximum atomic E-state index is 13.2. The molecule has 8 nitrogen and oxygen atoms in total. The molecule has 0 bridgehead atoms. The highest BCUT2D eigenvalue weighted by Gasteiger charge is 2.35. The molecule has 1 saturated carbocycles. The van der Waals surface area contributed by atoms with Gasteiger partial charge in [-0.05, 0) is 37.8 Å². The third-order valence-corrected chi connectivity index (χ3v) is 5.63. The summed E-state index contributed by atoms with van der Waals surface area (Å²) < 4.78 is 68.7. The number of halogens is 5. The van der Waals surface area contributed by atoms with Crippen LogP contribution in [0.2, 0.25) is 0 Å². The van der Waals surface area contributed by atoms with Crippen molar-refractivity contribution in [3.8, 4) is 11.3 Å². The van der Waals surface area contributed by atoms with Crippen molar-refractivity contribution >= 4 is 22.6 Å². The highest BCUT2D eigenvalue weighted by molar-refractivity contribution is 5.92. The summed E-state index contributed by atoms with van der Waals surface area (Å²) in [5.41, 5.74) is 1.60. The molecule has 0 unspecified atom stereocenters. The van der Waals surface area contributed by atoms with E-state index in [4.69, 9.17) is 0 Å². The summed E-state index contributed by atoms with van der Waals surface area (Å²) in [6.45, 7) is 0. The van der Waals surface area contributed by atoms with Crippen LogP contribution in [0.25, 0.3) is 27.9 Å². The molecular formula is C20H18F5N7O. The van der Waals surface area contributed by atoms with Gasteiger partial charge in [-0.15, -0.1) is 13.2 Å². The smallest absolute Gasteiger partial charge is 0.351 e. The van der Waals surface area contributed by atoms with E-state index >= 15 is 0 Å². The van der Waals surface area contributed by atoms with Crippen LogP contribution in [0.1, 0.15) is 37.8 Å². The van der Waals surface area contributed by atoms with Crippen molar-refractivity contribution in [2.45, 2.75) is 50.6 Å². The zero-order chi connectivity index (χ0) is 23.2. The van der Waals surface area contributed by atoms with Crippen molar-refractivity contribution in [3.05, 3.63) is 36.4 Å². The number of fused-ring (bicyclic) bond motifs is 2. The van der Waals surface area contributed by atoms with Crippen molar-refractivity contribution < 1.29 is 26.7 Å². The van der Waals surface area contributed by atoms with E-state index in [0.717, 1.165) is 10.7 Å². The van der Waals surface area contributed by atoms with Crippen molar-refractivity contribution in [2.75, 3.05) is 5.32 Å². The number of aromatic amines is 1. The predicted molar refractivity (Wildman–Crippen MR) is 108 cm³/mol. The molecule has 4 heterocycles. The van der Waals surface area contributed by atoms with E-state index in [9.17, 15) is 22.0 Å². The van der Waals surface area contributed by atoms with Crippen LogP contribution >= 0.6 is 0 Å². The van der Waals surface area contributed by atoms with Crippen LogP contribution in [0, 0.1) is 0 Å². The Kier molecular flexibility index (Phi) is 5.35. The van der Waals surface area contributed by atoms with Crippen LogP contribution in [0.4, 0.5) is 27.9 Å². The maximum Gasteiger partial charge on any atom is 0.522 e. The second kappa shape index (κ2) is 8.21. The van der Waals surface area contributed by atoms with Gasteiger partial charge < -0.3 is 10.3 Å². The Labute approximate surface area is 183 Å².